The average Bonchev–Trinajstić information content (AvgIpc) is 3.87. The molecule has 0 atom stereocenters. The predicted molar refractivity (Wildman–Crippen MR) is 263 cm³/mol. The minimum atomic E-state index is -0.135. The largest absolute Gasteiger partial charge is 0.455 e. The van der Waals surface area contributed by atoms with Crippen LogP contribution in [0.1, 0.15) is 105 Å². The number of rotatable bonds is 3. The second kappa shape index (κ2) is 13.2. The molecule has 0 unspecified atom stereocenters. The third-order valence-corrected chi connectivity index (χ3v) is 13.0. The van der Waals surface area contributed by atoms with Gasteiger partial charge in [-0.15, -0.1) is 0 Å². The standard InChI is InChI=1S/C58H58N2O/c1-55(2,3)36-32-43-50-49(44(56(4,5)6)34-46(58(10,11)12)54(50)61-53(43)45(33-36)57(7,8)9)35-26-28-38(29-27-35)60-48-25-19-17-23-40(48)42-31-30-41-39-22-16-18-24-47(39)59(51(41)52(42)60)37-20-14-13-15-21-37/h13-34H,1-12H3. The van der Waals surface area contributed by atoms with Crippen LogP contribution in [-0.4, -0.2) is 9.13 Å². The van der Waals surface area contributed by atoms with Gasteiger partial charge in [-0.2, -0.15) is 0 Å². The van der Waals surface area contributed by atoms with E-state index in [0.29, 0.717) is 0 Å². The van der Waals surface area contributed by atoms with E-state index in [1.165, 1.54) is 87.8 Å². The average molecular weight is 799 g/mol. The lowest BCUT2D eigenvalue weighted by atomic mass is 9.74. The summed E-state index contributed by atoms with van der Waals surface area (Å²) in [5, 5.41) is 7.43. The van der Waals surface area contributed by atoms with E-state index in [4.69, 9.17) is 4.42 Å². The number of nitrogens with zero attached hydrogens (tertiary/aromatic N) is 2. The smallest absolute Gasteiger partial charge is 0.139 e. The molecule has 3 nitrogen and oxygen atoms in total. The first kappa shape index (κ1) is 39.1. The molecule has 7 aromatic carbocycles. The summed E-state index contributed by atoms with van der Waals surface area (Å²) in [6, 6.07) is 49.9. The molecule has 10 aromatic rings. The SMILES string of the molecule is CC(C)(C)c1cc(C(C)(C)C)c2oc3c(C(C)(C)C)cc(C(C)(C)C)c(-c4ccc(-n5c6ccccc6c6ccc7c8ccccc8n(-c8ccccc8)c7c65)cc4)c3c2c1. The van der Waals surface area contributed by atoms with Gasteiger partial charge in [0.15, 0.2) is 0 Å². The predicted octanol–water partition coefficient (Wildman–Crippen LogP) is 16.6. The zero-order valence-electron chi connectivity index (χ0n) is 38.0. The topological polar surface area (TPSA) is 23.0 Å². The van der Waals surface area contributed by atoms with Crippen molar-refractivity contribution in [2.24, 2.45) is 0 Å². The van der Waals surface area contributed by atoms with Crippen molar-refractivity contribution >= 4 is 65.6 Å². The summed E-state index contributed by atoms with van der Waals surface area (Å²) in [6.07, 6.45) is 0. The van der Waals surface area contributed by atoms with Gasteiger partial charge in [0, 0.05) is 54.8 Å². The molecule has 0 saturated heterocycles. The van der Waals surface area contributed by atoms with Crippen LogP contribution in [0.15, 0.2) is 138 Å². The number of benzene rings is 7. The maximum atomic E-state index is 7.25. The number of fused-ring (bicyclic) bond motifs is 10. The van der Waals surface area contributed by atoms with Crippen LogP contribution >= 0.6 is 0 Å². The van der Waals surface area contributed by atoms with Gasteiger partial charge in [-0.3, -0.25) is 0 Å². The van der Waals surface area contributed by atoms with Crippen molar-refractivity contribution in [1.29, 1.82) is 0 Å². The highest BCUT2D eigenvalue weighted by atomic mass is 16.3. The summed E-state index contributed by atoms with van der Waals surface area (Å²) in [5.41, 5.74) is 16.4. The number of para-hydroxylation sites is 3. The first-order valence-electron chi connectivity index (χ1n) is 22.0. The Morgan fingerprint density at radius 2 is 0.852 bits per heavy atom. The fourth-order valence-corrected chi connectivity index (χ4v) is 9.88. The number of furan rings is 1. The van der Waals surface area contributed by atoms with Gasteiger partial charge in [-0.25, -0.2) is 0 Å². The van der Waals surface area contributed by atoms with E-state index in [1.807, 2.05) is 0 Å². The minimum Gasteiger partial charge on any atom is -0.455 e. The molecule has 0 fully saturated rings. The molecular formula is C58H58N2O. The molecule has 0 saturated carbocycles. The third-order valence-electron chi connectivity index (χ3n) is 13.0. The van der Waals surface area contributed by atoms with Gasteiger partial charge in [-0.05, 0) is 86.4 Å². The zero-order valence-corrected chi connectivity index (χ0v) is 38.0. The number of aromatic nitrogens is 2. The summed E-state index contributed by atoms with van der Waals surface area (Å²) >= 11 is 0. The van der Waals surface area contributed by atoms with E-state index >= 15 is 0 Å². The molecule has 3 aromatic heterocycles. The third kappa shape index (κ3) is 6.06. The lowest BCUT2D eigenvalue weighted by molar-refractivity contribution is 0.547. The van der Waals surface area contributed by atoms with E-state index in [0.717, 1.165) is 22.5 Å². The van der Waals surface area contributed by atoms with E-state index in [9.17, 15) is 0 Å². The Balaban J connectivity index is 1.30. The Morgan fingerprint density at radius 3 is 1.36 bits per heavy atom. The summed E-state index contributed by atoms with van der Waals surface area (Å²) in [4.78, 5) is 0. The highest BCUT2D eigenvalue weighted by Crippen LogP contribution is 2.50. The lowest BCUT2D eigenvalue weighted by Crippen LogP contribution is -2.18. The molecular weight excluding hydrogens is 741 g/mol. The molecule has 0 aliphatic rings. The Morgan fingerprint density at radius 1 is 0.377 bits per heavy atom. The Hall–Kier alpha value is -6.06. The highest BCUT2D eigenvalue weighted by molar-refractivity contribution is 6.24. The molecule has 0 aliphatic heterocycles. The van der Waals surface area contributed by atoms with E-state index < -0.39 is 0 Å². The van der Waals surface area contributed by atoms with E-state index in [1.54, 1.807) is 0 Å². The van der Waals surface area contributed by atoms with Crippen LogP contribution in [0.5, 0.6) is 0 Å². The van der Waals surface area contributed by atoms with Gasteiger partial charge >= 0.3 is 0 Å². The highest BCUT2D eigenvalue weighted by Gasteiger charge is 2.33. The van der Waals surface area contributed by atoms with E-state index in [-0.39, 0.29) is 21.7 Å². The first-order chi connectivity index (χ1) is 28.8. The molecule has 3 heterocycles. The summed E-state index contributed by atoms with van der Waals surface area (Å²) in [7, 11) is 0. The van der Waals surface area contributed by atoms with Crippen molar-refractivity contribution in [3.05, 3.63) is 156 Å². The van der Waals surface area contributed by atoms with Gasteiger partial charge in [0.25, 0.3) is 0 Å². The summed E-state index contributed by atoms with van der Waals surface area (Å²) < 4.78 is 12.2. The number of hydrogen-bond acceptors (Lipinski definition) is 1. The molecule has 0 radical (unpaired) electrons. The molecule has 0 aliphatic carbocycles. The van der Waals surface area contributed by atoms with Crippen LogP contribution in [0, 0.1) is 0 Å². The molecule has 10 rings (SSSR count). The normalized spacial score (nSPS) is 13.2. The molecule has 0 amide bonds. The van der Waals surface area contributed by atoms with Crippen LogP contribution in [0.25, 0.3) is 88.1 Å². The maximum absolute atomic E-state index is 7.25. The van der Waals surface area contributed by atoms with Gasteiger partial charge in [0.2, 0.25) is 0 Å². The van der Waals surface area contributed by atoms with E-state index in [2.05, 4.69) is 226 Å². The van der Waals surface area contributed by atoms with Gasteiger partial charge in [-0.1, -0.05) is 174 Å². The zero-order chi connectivity index (χ0) is 43.0. The van der Waals surface area contributed by atoms with Crippen molar-refractivity contribution < 1.29 is 4.42 Å². The summed E-state index contributed by atoms with van der Waals surface area (Å²) in [5.74, 6) is 0. The fourth-order valence-electron chi connectivity index (χ4n) is 9.88. The molecule has 306 valence electrons. The Bertz CT molecular complexity index is 3360. The fraction of sp³-hybridized carbons (Fsp3) is 0.276. The second-order valence-corrected chi connectivity index (χ2v) is 21.5. The van der Waals surface area contributed by atoms with Crippen LogP contribution in [0.4, 0.5) is 0 Å². The second-order valence-electron chi connectivity index (χ2n) is 21.5. The van der Waals surface area contributed by atoms with Gasteiger partial charge in [0.05, 0.1) is 22.1 Å². The van der Waals surface area contributed by atoms with Crippen LogP contribution in [0.3, 0.4) is 0 Å². The quantitative estimate of drug-likeness (QED) is 0.175. The van der Waals surface area contributed by atoms with Crippen LogP contribution < -0.4 is 0 Å². The van der Waals surface area contributed by atoms with Crippen molar-refractivity contribution in [3.63, 3.8) is 0 Å². The Kier molecular flexibility index (Phi) is 8.47. The lowest BCUT2D eigenvalue weighted by Gasteiger charge is -2.29. The van der Waals surface area contributed by atoms with Crippen molar-refractivity contribution in [2.45, 2.75) is 105 Å². The minimum absolute atomic E-state index is 0.0337. The maximum Gasteiger partial charge on any atom is 0.139 e. The molecule has 3 heteroatoms. The first-order valence-corrected chi connectivity index (χ1v) is 22.0. The monoisotopic (exact) mass is 798 g/mol. The molecule has 0 bridgehead atoms. The van der Waals surface area contributed by atoms with Crippen molar-refractivity contribution in [2.75, 3.05) is 0 Å². The van der Waals surface area contributed by atoms with Crippen LogP contribution in [0.2, 0.25) is 0 Å². The van der Waals surface area contributed by atoms with Crippen molar-refractivity contribution in [3.8, 4) is 22.5 Å². The Labute approximate surface area is 360 Å². The van der Waals surface area contributed by atoms with Crippen molar-refractivity contribution in [1.82, 2.24) is 9.13 Å². The van der Waals surface area contributed by atoms with Gasteiger partial charge in [0.1, 0.15) is 11.2 Å². The van der Waals surface area contributed by atoms with Crippen LogP contribution in [-0.2, 0) is 21.7 Å². The van der Waals surface area contributed by atoms with Gasteiger partial charge < -0.3 is 13.6 Å². The molecule has 0 spiro atoms. The summed E-state index contributed by atoms with van der Waals surface area (Å²) in [6.45, 7) is 28.0. The molecule has 0 N–H and O–H groups in total. The molecule has 61 heavy (non-hydrogen) atoms. The number of hydrogen-bond donors (Lipinski definition) is 0.